The van der Waals surface area contributed by atoms with Crippen LogP contribution in [0.3, 0.4) is 0 Å². The summed E-state index contributed by atoms with van der Waals surface area (Å²) < 4.78 is 24.8. The number of hydrogen-bond acceptors (Lipinski definition) is 14. The second-order valence-corrected chi connectivity index (χ2v) is 17.6. The van der Waals surface area contributed by atoms with E-state index < -0.39 is 83.4 Å². The molecule has 2 aromatic rings. The zero-order chi connectivity index (χ0) is 41.7. The fraction of sp³-hybridized carbons (Fsp3) is 0.714. The molecule has 0 radical (unpaired) electrons. The first kappa shape index (κ1) is 43.0. The number of aliphatic hydroxyl groups excluding tert-OH is 1. The third-order valence-corrected chi connectivity index (χ3v) is 13.0. The molecular weight excluding hydrogens is 734 g/mol. The molecule has 4 saturated heterocycles. The van der Waals surface area contributed by atoms with Crippen LogP contribution in [0.25, 0.3) is 11.0 Å². The van der Waals surface area contributed by atoms with Crippen molar-refractivity contribution in [3.05, 3.63) is 36.2 Å². The summed E-state index contributed by atoms with van der Waals surface area (Å²) in [4.78, 5) is 71.2. The van der Waals surface area contributed by atoms with Gasteiger partial charge in [-0.25, -0.2) is 14.8 Å². The smallest absolute Gasteiger partial charge is 0.411 e. The fourth-order valence-corrected chi connectivity index (χ4v) is 9.88. The number of likely N-dealkylation sites (tertiary alicyclic amines) is 1. The molecule has 2 N–H and O–H groups in total. The third kappa shape index (κ3) is 8.20. The molecule has 0 bridgehead atoms. The number of likely N-dealkylation sites (N-methyl/N-ethyl adjacent to an activating group) is 1. The fourth-order valence-electron chi connectivity index (χ4n) is 9.88. The lowest BCUT2D eigenvalue weighted by molar-refractivity contribution is -0.293. The predicted molar refractivity (Wildman–Crippen MR) is 209 cm³/mol. The number of esters is 1. The van der Waals surface area contributed by atoms with Gasteiger partial charge in [-0.2, -0.15) is 0 Å². The highest BCUT2D eigenvalue weighted by Crippen LogP contribution is 2.44. The number of hydrogen-bond donors (Lipinski definition) is 2. The van der Waals surface area contributed by atoms with Gasteiger partial charge in [-0.15, -0.1) is 0 Å². The van der Waals surface area contributed by atoms with Gasteiger partial charge < -0.3 is 34.1 Å². The van der Waals surface area contributed by atoms with Gasteiger partial charge in [0.05, 0.1) is 29.9 Å². The summed E-state index contributed by atoms with van der Waals surface area (Å²) in [5, 5.41) is 24.6. The summed E-state index contributed by atoms with van der Waals surface area (Å²) >= 11 is 0. The maximum atomic E-state index is 14.7. The molecule has 13 atom stereocenters. The Balaban J connectivity index is 1.30. The van der Waals surface area contributed by atoms with Crippen molar-refractivity contribution in [1.29, 1.82) is 0 Å². The molecule has 2 aromatic heterocycles. The summed E-state index contributed by atoms with van der Waals surface area (Å²) in [5.41, 5.74) is -1.54. The van der Waals surface area contributed by atoms with Crippen LogP contribution < -0.4 is 0 Å². The van der Waals surface area contributed by atoms with Gasteiger partial charge in [0.2, 0.25) is 0 Å². The van der Waals surface area contributed by atoms with Crippen LogP contribution >= 0.6 is 0 Å². The summed E-state index contributed by atoms with van der Waals surface area (Å²) in [7, 11) is 3.69. The van der Waals surface area contributed by atoms with E-state index >= 15 is 0 Å². The molecule has 6 heterocycles. The normalized spacial score (nSPS) is 39.1. The van der Waals surface area contributed by atoms with Crippen molar-refractivity contribution in [2.75, 3.05) is 27.2 Å². The number of aliphatic hydroxyl groups is 2. The lowest BCUT2D eigenvalue weighted by Gasteiger charge is -2.48. The van der Waals surface area contributed by atoms with Crippen molar-refractivity contribution in [3.63, 3.8) is 0 Å². The average molecular weight is 796 g/mol. The Bertz CT molecular complexity index is 1810. The van der Waals surface area contributed by atoms with Gasteiger partial charge in [-0.05, 0) is 84.8 Å². The lowest BCUT2D eigenvalue weighted by atomic mass is 9.73. The van der Waals surface area contributed by atoms with Gasteiger partial charge in [0.1, 0.15) is 23.9 Å². The second-order valence-electron chi connectivity index (χ2n) is 17.6. The molecular formula is C42H61N5O10. The highest BCUT2D eigenvalue weighted by Gasteiger charge is 2.62. The second kappa shape index (κ2) is 16.6. The average Bonchev–Trinajstić information content (AvgIpc) is 3.42. The van der Waals surface area contributed by atoms with E-state index in [0.29, 0.717) is 31.7 Å². The zero-order valence-corrected chi connectivity index (χ0v) is 35.0. The van der Waals surface area contributed by atoms with Crippen molar-refractivity contribution in [2.45, 2.75) is 141 Å². The minimum absolute atomic E-state index is 0.117. The maximum absolute atomic E-state index is 14.7. The Kier molecular flexibility index (Phi) is 12.5. The highest BCUT2D eigenvalue weighted by atomic mass is 16.7. The number of cyclic esters (lactones) is 1. The lowest BCUT2D eigenvalue weighted by Crippen LogP contribution is -2.65. The quantitative estimate of drug-likeness (QED) is 0.308. The van der Waals surface area contributed by atoms with Gasteiger partial charge in [-0.3, -0.25) is 24.2 Å². The molecule has 15 heteroatoms. The molecule has 0 saturated carbocycles. The van der Waals surface area contributed by atoms with E-state index in [0.717, 1.165) is 10.9 Å². The van der Waals surface area contributed by atoms with Crippen LogP contribution in [0.15, 0.2) is 30.6 Å². The van der Waals surface area contributed by atoms with E-state index in [-0.39, 0.29) is 36.8 Å². The third-order valence-electron chi connectivity index (χ3n) is 13.0. The first-order valence-electron chi connectivity index (χ1n) is 20.4. The molecule has 57 heavy (non-hydrogen) atoms. The maximum Gasteiger partial charge on any atom is 0.411 e. The topological polar surface area (TPSA) is 181 Å². The Morgan fingerprint density at radius 3 is 2.33 bits per heavy atom. The van der Waals surface area contributed by atoms with Crippen molar-refractivity contribution < 1.29 is 48.3 Å². The Hall–Kier alpha value is -3.60. The van der Waals surface area contributed by atoms with Gasteiger partial charge in [0, 0.05) is 61.2 Å². The first-order chi connectivity index (χ1) is 26.8. The van der Waals surface area contributed by atoms with Crippen LogP contribution in [0.5, 0.6) is 0 Å². The Labute approximate surface area is 335 Å². The van der Waals surface area contributed by atoms with E-state index in [1.54, 1.807) is 45.0 Å². The molecule has 314 valence electrons. The number of carbonyl (C=O) groups excluding carboxylic acids is 4. The van der Waals surface area contributed by atoms with Crippen molar-refractivity contribution in [1.82, 2.24) is 24.7 Å². The van der Waals surface area contributed by atoms with Crippen LogP contribution in [0, 0.1) is 23.7 Å². The monoisotopic (exact) mass is 795 g/mol. The standard InChI is InChI=1S/C42H61N5O10/c1-11-31-42(8)35(47(40(52)57-42)28-20-46(21-28)19-27-14-16-44-37-29(27)13-12-15-43-37)24(4)32(48)22(2)18-41(7,53)36(25(5)33(49)26(6)38(51)55-31)56-39-34(50)30(45(9)10)17-23(3)54-39/h12-16,22-26,28,30-31,34-36,39,50,53H,11,17-21H2,1-10H3/t22-,23-,24+,25+,26-,30+,31-,34-,35-,36-,39+,41-,42-/m1/s1. The van der Waals surface area contributed by atoms with Crippen molar-refractivity contribution in [2.24, 2.45) is 23.7 Å². The van der Waals surface area contributed by atoms with E-state index in [9.17, 15) is 29.4 Å². The van der Waals surface area contributed by atoms with E-state index in [2.05, 4.69) is 14.9 Å². The van der Waals surface area contributed by atoms with Crippen LogP contribution in [0.2, 0.25) is 0 Å². The van der Waals surface area contributed by atoms with Gasteiger partial charge in [0.25, 0.3) is 0 Å². The molecule has 0 unspecified atom stereocenters. The molecule has 4 fully saturated rings. The number of ketones is 2. The predicted octanol–water partition coefficient (Wildman–Crippen LogP) is 3.36. The summed E-state index contributed by atoms with van der Waals surface area (Å²) in [6.07, 6.45) is -1.38. The number of fused-ring (bicyclic) bond motifs is 2. The molecule has 0 aromatic carbocycles. The van der Waals surface area contributed by atoms with E-state index in [1.807, 2.05) is 51.0 Å². The number of rotatable bonds is 7. The molecule has 0 aliphatic carbocycles. The van der Waals surface area contributed by atoms with Gasteiger partial charge in [0.15, 0.2) is 23.3 Å². The first-order valence-corrected chi connectivity index (χ1v) is 20.4. The minimum atomic E-state index is -1.81. The largest absolute Gasteiger partial charge is 0.458 e. The van der Waals surface area contributed by atoms with Gasteiger partial charge >= 0.3 is 12.1 Å². The zero-order valence-electron chi connectivity index (χ0n) is 35.0. The minimum Gasteiger partial charge on any atom is -0.458 e. The van der Waals surface area contributed by atoms with Gasteiger partial charge in [-0.1, -0.05) is 27.7 Å². The molecule has 4 aliphatic heterocycles. The summed E-state index contributed by atoms with van der Waals surface area (Å²) in [6, 6.07) is 4.36. The summed E-state index contributed by atoms with van der Waals surface area (Å²) in [5.74, 6) is -5.55. The number of Topliss-reactive ketones (excluding diaryl/α,β-unsaturated/α-hetero) is 2. The molecule has 6 rings (SSSR count). The number of carbonyl (C=O) groups is 4. The number of nitrogens with zero attached hydrogens (tertiary/aromatic N) is 5. The van der Waals surface area contributed by atoms with Crippen LogP contribution in [-0.2, 0) is 39.9 Å². The molecule has 0 spiro atoms. The molecule has 15 nitrogen and oxygen atoms in total. The van der Waals surface area contributed by atoms with E-state index in [1.165, 1.54) is 13.8 Å². The molecule has 4 aliphatic rings. The number of aromatic nitrogens is 2. The SMILES string of the molecule is CC[C@H]1OC(=O)[C@H](C)C(=O)[C@H](C)[C@@H](O[C@@H]2O[C@H](C)C[C@H](N(C)C)[C@H]2O)[C@](C)(O)C[C@@H](C)C(=O)[C@H](C)[C@H]2N(C3CN(Cc4ccnc5ncccc45)C3)C(=O)O[C@]12C. The van der Waals surface area contributed by atoms with E-state index in [4.69, 9.17) is 18.9 Å². The molecule has 1 amide bonds. The number of ether oxygens (including phenoxy) is 4. The van der Waals surface area contributed by atoms with Crippen LogP contribution in [0.1, 0.15) is 80.2 Å². The van der Waals surface area contributed by atoms with Crippen LogP contribution in [0.4, 0.5) is 4.79 Å². The van der Waals surface area contributed by atoms with Crippen molar-refractivity contribution in [3.8, 4) is 0 Å². The Morgan fingerprint density at radius 1 is 0.982 bits per heavy atom. The van der Waals surface area contributed by atoms with Crippen molar-refractivity contribution >= 4 is 34.7 Å². The Morgan fingerprint density at radius 2 is 1.67 bits per heavy atom. The van der Waals surface area contributed by atoms with Crippen LogP contribution in [-0.4, -0.2) is 146 Å². The number of amides is 1. The highest BCUT2D eigenvalue weighted by molar-refractivity contribution is 6.00. The number of pyridine rings is 2. The summed E-state index contributed by atoms with van der Waals surface area (Å²) in [6.45, 7) is 15.0.